The molecule has 0 heterocycles. The zero-order valence-corrected chi connectivity index (χ0v) is 17.0. The predicted molar refractivity (Wildman–Crippen MR) is 113 cm³/mol. The molecule has 0 bridgehead atoms. The van der Waals surface area contributed by atoms with Gasteiger partial charge in [-0.1, -0.05) is 35.9 Å². The van der Waals surface area contributed by atoms with Crippen LogP contribution >= 0.6 is 11.6 Å². The maximum Gasteiger partial charge on any atom is 0.258 e. The minimum absolute atomic E-state index is 0.107. The van der Waals surface area contributed by atoms with E-state index in [4.69, 9.17) is 25.8 Å². The summed E-state index contributed by atoms with van der Waals surface area (Å²) in [5.41, 5.74) is 1.85. The average Bonchev–Trinajstić information content (AvgIpc) is 2.77. The standard InChI is InChI=1S/C23H22ClNO4/c1-27-19-9-3-16(4-10-19)23(17-5-11-20(28-2)12-6-17)25-22(26)15-29-21-13-7-18(24)8-14-21/h3-14,23H,15H2,1-2H3,(H,25,26). The van der Waals surface area contributed by atoms with Gasteiger partial charge in [-0.05, 0) is 59.7 Å². The van der Waals surface area contributed by atoms with Crippen LogP contribution in [-0.4, -0.2) is 26.7 Å². The van der Waals surface area contributed by atoms with Crippen molar-refractivity contribution in [1.82, 2.24) is 5.32 Å². The Morgan fingerprint density at radius 3 is 1.69 bits per heavy atom. The fourth-order valence-corrected chi connectivity index (χ4v) is 2.96. The molecule has 150 valence electrons. The van der Waals surface area contributed by atoms with Crippen LogP contribution in [0.3, 0.4) is 0 Å². The first-order chi connectivity index (χ1) is 14.1. The number of carbonyl (C=O) groups excluding carboxylic acids is 1. The minimum Gasteiger partial charge on any atom is -0.497 e. The molecule has 1 N–H and O–H groups in total. The number of benzene rings is 3. The molecule has 0 atom stereocenters. The van der Waals surface area contributed by atoms with Gasteiger partial charge in [-0.3, -0.25) is 4.79 Å². The molecule has 0 aliphatic heterocycles. The van der Waals surface area contributed by atoms with E-state index in [0.29, 0.717) is 10.8 Å². The van der Waals surface area contributed by atoms with Gasteiger partial charge in [0.2, 0.25) is 0 Å². The summed E-state index contributed by atoms with van der Waals surface area (Å²) in [7, 11) is 3.23. The molecular weight excluding hydrogens is 390 g/mol. The quantitative estimate of drug-likeness (QED) is 0.586. The minimum atomic E-state index is -0.340. The number of ether oxygens (including phenoxy) is 3. The Morgan fingerprint density at radius 1 is 0.793 bits per heavy atom. The molecule has 0 saturated heterocycles. The summed E-state index contributed by atoms with van der Waals surface area (Å²) in [4.78, 5) is 12.6. The Hall–Kier alpha value is -3.18. The number of rotatable bonds is 8. The largest absolute Gasteiger partial charge is 0.497 e. The lowest BCUT2D eigenvalue weighted by molar-refractivity contribution is -0.123. The summed E-state index contributed by atoms with van der Waals surface area (Å²) >= 11 is 5.87. The topological polar surface area (TPSA) is 56.8 Å². The number of halogens is 1. The summed E-state index contributed by atoms with van der Waals surface area (Å²) in [6, 6.07) is 21.7. The summed E-state index contributed by atoms with van der Waals surface area (Å²) in [5.74, 6) is 1.84. The smallest absolute Gasteiger partial charge is 0.258 e. The lowest BCUT2D eigenvalue weighted by Gasteiger charge is -2.20. The average molecular weight is 412 g/mol. The third kappa shape index (κ3) is 5.65. The molecule has 0 aliphatic rings. The van der Waals surface area contributed by atoms with Gasteiger partial charge in [-0.15, -0.1) is 0 Å². The highest BCUT2D eigenvalue weighted by Gasteiger charge is 2.18. The first kappa shape index (κ1) is 20.6. The molecule has 0 spiro atoms. The van der Waals surface area contributed by atoms with Crippen LogP contribution in [0.25, 0.3) is 0 Å². The Morgan fingerprint density at radius 2 is 1.24 bits per heavy atom. The maximum atomic E-state index is 12.6. The van der Waals surface area contributed by atoms with Crippen LogP contribution in [0, 0.1) is 0 Å². The molecule has 3 aromatic carbocycles. The van der Waals surface area contributed by atoms with E-state index in [1.54, 1.807) is 38.5 Å². The SMILES string of the molecule is COc1ccc(C(NC(=O)COc2ccc(Cl)cc2)c2ccc(OC)cc2)cc1. The molecular formula is C23H22ClNO4. The number of amides is 1. The first-order valence-electron chi connectivity index (χ1n) is 9.04. The van der Waals surface area contributed by atoms with Crippen LogP contribution in [0.15, 0.2) is 72.8 Å². The maximum absolute atomic E-state index is 12.6. The fourth-order valence-electron chi connectivity index (χ4n) is 2.83. The molecule has 0 fully saturated rings. The van der Waals surface area contributed by atoms with Crippen molar-refractivity contribution < 1.29 is 19.0 Å². The Bertz CT molecular complexity index is 877. The second-order valence-electron chi connectivity index (χ2n) is 6.29. The Kier molecular flexibility index (Phi) is 6.98. The van der Waals surface area contributed by atoms with Crippen molar-refractivity contribution in [2.75, 3.05) is 20.8 Å². The number of carbonyl (C=O) groups is 1. The second-order valence-corrected chi connectivity index (χ2v) is 6.73. The van der Waals surface area contributed by atoms with Crippen LogP contribution < -0.4 is 19.5 Å². The third-order valence-electron chi connectivity index (χ3n) is 4.39. The van der Waals surface area contributed by atoms with Gasteiger partial charge in [-0.2, -0.15) is 0 Å². The van der Waals surface area contributed by atoms with Gasteiger partial charge < -0.3 is 19.5 Å². The molecule has 0 radical (unpaired) electrons. The van der Waals surface area contributed by atoms with Crippen LogP contribution in [0.2, 0.25) is 5.02 Å². The van der Waals surface area contributed by atoms with Gasteiger partial charge in [0.15, 0.2) is 6.61 Å². The predicted octanol–water partition coefficient (Wildman–Crippen LogP) is 4.64. The molecule has 5 nitrogen and oxygen atoms in total. The van der Waals surface area contributed by atoms with E-state index in [-0.39, 0.29) is 18.6 Å². The zero-order chi connectivity index (χ0) is 20.6. The van der Waals surface area contributed by atoms with Gasteiger partial charge >= 0.3 is 0 Å². The molecule has 0 aromatic heterocycles. The monoisotopic (exact) mass is 411 g/mol. The summed E-state index contributed by atoms with van der Waals surface area (Å²) in [6.07, 6.45) is 0. The Labute approximate surface area is 175 Å². The van der Waals surface area contributed by atoms with Crippen LogP contribution in [-0.2, 0) is 4.79 Å². The van der Waals surface area contributed by atoms with Gasteiger partial charge in [0.25, 0.3) is 5.91 Å². The van der Waals surface area contributed by atoms with E-state index < -0.39 is 0 Å². The summed E-state index contributed by atoms with van der Waals surface area (Å²) < 4.78 is 16.0. The van der Waals surface area contributed by atoms with Crippen LogP contribution in [0.4, 0.5) is 0 Å². The molecule has 0 unspecified atom stereocenters. The Balaban J connectivity index is 1.75. The third-order valence-corrected chi connectivity index (χ3v) is 4.64. The van der Waals surface area contributed by atoms with Crippen molar-refractivity contribution in [2.45, 2.75) is 6.04 Å². The summed E-state index contributed by atoms with van der Waals surface area (Å²) in [6.45, 7) is -0.107. The number of hydrogen-bond donors (Lipinski definition) is 1. The fraction of sp³-hybridized carbons (Fsp3) is 0.174. The van der Waals surface area contributed by atoms with E-state index in [9.17, 15) is 4.79 Å². The zero-order valence-electron chi connectivity index (χ0n) is 16.2. The molecule has 0 saturated carbocycles. The number of methoxy groups -OCH3 is 2. The van der Waals surface area contributed by atoms with Crippen molar-refractivity contribution in [3.63, 3.8) is 0 Å². The van der Waals surface area contributed by atoms with Crippen molar-refractivity contribution in [1.29, 1.82) is 0 Å². The molecule has 1 amide bonds. The molecule has 6 heteroatoms. The van der Waals surface area contributed by atoms with Crippen LogP contribution in [0.5, 0.6) is 17.2 Å². The highest BCUT2D eigenvalue weighted by atomic mass is 35.5. The van der Waals surface area contributed by atoms with Gasteiger partial charge in [-0.25, -0.2) is 0 Å². The van der Waals surface area contributed by atoms with Crippen molar-refractivity contribution in [3.8, 4) is 17.2 Å². The highest BCUT2D eigenvalue weighted by Crippen LogP contribution is 2.26. The van der Waals surface area contributed by atoms with E-state index >= 15 is 0 Å². The van der Waals surface area contributed by atoms with Crippen molar-refractivity contribution in [2.24, 2.45) is 0 Å². The second kappa shape index (κ2) is 9.85. The van der Waals surface area contributed by atoms with Crippen LogP contribution in [0.1, 0.15) is 17.2 Å². The highest BCUT2D eigenvalue weighted by molar-refractivity contribution is 6.30. The lowest BCUT2D eigenvalue weighted by atomic mass is 9.98. The van der Waals surface area contributed by atoms with E-state index in [1.807, 2.05) is 48.5 Å². The van der Waals surface area contributed by atoms with Gasteiger partial charge in [0, 0.05) is 5.02 Å². The van der Waals surface area contributed by atoms with E-state index in [2.05, 4.69) is 5.32 Å². The first-order valence-corrected chi connectivity index (χ1v) is 9.42. The summed E-state index contributed by atoms with van der Waals surface area (Å²) in [5, 5.41) is 3.65. The number of nitrogens with one attached hydrogen (secondary N) is 1. The molecule has 29 heavy (non-hydrogen) atoms. The normalized spacial score (nSPS) is 10.5. The van der Waals surface area contributed by atoms with Crippen molar-refractivity contribution >= 4 is 17.5 Å². The lowest BCUT2D eigenvalue weighted by Crippen LogP contribution is -2.33. The van der Waals surface area contributed by atoms with E-state index in [1.165, 1.54) is 0 Å². The van der Waals surface area contributed by atoms with Gasteiger partial charge in [0.1, 0.15) is 17.2 Å². The molecule has 3 rings (SSSR count). The number of hydrogen-bond acceptors (Lipinski definition) is 4. The van der Waals surface area contributed by atoms with E-state index in [0.717, 1.165) is 22.6 Å². The molecule has 0 aliphatic carbocycles. The molecule has 3 aromatic rings. The van der Waals surface area contributed by atoms with Gasteiger partial charge in [0.05, 0.1) is 20.3 Å². The van der Waals surface area contributed by atoms with Crippen molar-refractivity contribution in [3.05, 3.63) is 88.9 Å².